The zero-order chi connectivity index (χ0) is 34.3. The smallest absolute Gasteiger partial charge is 0.323 e. The molecule has 4 aromatic rings. The Morgan fingerprint density at radius 1 is 0.902 bits per heavy atom. The zero-order valence-electron chi connectivity index (χ0n) is 28.7. The number of aromatic nitrogens is 4. The molecule has 2 aliphatic heterocycles. The van der Waals surface area contributed by atoms with Gasteiger partial charge in [-0.1, -0.05) is 60.7 Å². The largest absolute Gasteiger partial charge is 0.481 e. The molecule has 1 amide bonds. The summed E-state index contributed by atoms with van der Waals surface area (Å²) in [6.45, 7) is 6.30. The Morgan fingerprint density at radius 3 is 2.16 bits per heavy atom. The summed E-state index contributed by atoms with van der Waals surface area (Å²) < 4.78 is 42.9. The average molecular weight is 747 g/mol. The topological polar surface area (TPSA) is 106 Å². The molecule has 2 atom stereocenters. The highest BCUT2D eigenvalue weighted by Gasteiger charge is 2.43. The standard InChI is InChI=1S/C36H41F2N7O4.2ClH/c1-24(2)49-34-28(33(47-3)41-36(42-34)48-23-31(37)38)21-43-19-27-20-44(35(46)29-18-39-14-15-40-29)16-17-45(27)30(22-43)32(25-10-6-4-7-11-25)26-12-8-5-9-13-26;;/h4-15,18,24,27,30-32H,16-17,19-23H2,1-3H3;2*1H/t27-,30+;;/m1../s1. The van der Waals surface area contributed by atoms with Gasteiger partial charge in [0, 0.05) is 69.7 Å². The van der Waals surface area contributed by atoms with Crippen LogP contribution >= 0.6 is 24.8 Å². The minimum Gasteiger partial charge on any atom is -0.481 e. The molecule has 0 N–H and O–H groups in total. The molecule has 51 heavy (non-hydrogen) atoms. The Morgan fingerprint density at radius 2 is 1.57 bits per heavy atom. The van der Waals surface area contributed by atoms with Gasteiger partial charge in [0.1, 0.15) is 5.69 Å². The van der Waals surface area contributed by atoms with Crippen LogP contribution in [-0.2, 0) is 6.54 Å². The summed E-state index contributed by atoms with van der Waals surface area (Å²) in [6.07, 6.45) is 1.64. The van der Waals surface area contributed by atoms with Crippen LogP contribution in [0.3, 0.4) is 0 Å². The molecule has 0 bridgehead atoms. The summed E-state index contributed by atoms with van der Waals surface area (Å²) in [5.41, 5.74) is 3.30. The predicted octanol–water partition coefficient (Wildman–Crippen LogP) is 5.39. The first kappa shape index (κ1) is 39.6. The SMILES string of the molecule is COc1nc(OCC(F)F)nc(OC(C)C)c1CN1C[C@@H]2CN(C(=O)c3cnccn3)CCN2[C@H](C(c2ccccc2)c2ccccc2)C1.Cl.Cl. The van der Waals surface area contributed by atoms with Gasteiger partial charge in [-0.2, -0.15) is 9.97 Å². The van der Waals surface area contributed by atoms with E-state index >= 15 is 0 Å². The molecule has 4 heterocycles. The maximum atomic E-state index is 13.5. The van der Waals surface area contributed by atoms with Crippen molar-refractivity contribution in [1.82, 2.24) is 34.6 Å². The van der Waals surface area contributed by atoms with E-state index in [2.05, 4.69) is 78.3 Å². The number of nitrogens with zero attached hydrogens (tertiary/aromatic N) is 7. The van der Waals surface area contributed by atoms with Crippen LogP contribution in [0.5, 0.6) is 17.8 Å². The van der Waals surface area contributed by atoms with Gasteiger partial charge in [-0.3, -0.25) is 19.6 Å². The summed E-state index contributed by atoms with van der Waals surface area (Å²) in [7, 11) is 1.47. The quantitative estimate of drug-likeness (QED) is 0.187. The number of hydrogen-bond donors (Lipinski definition) is 0. The molecule has 0 spiro atoms. The van der Waals surface area contributed by atoms with Gasteiger partial charge in [0.15, 0.2) is 6.61 Å². The van der Waals surface area contributed by atoms with Gasteiger partial charge in [0.25, 0.3) is 12.3 Å². The summed E-state index contributed by atoms with van der Waals surface area (Å²) in [5, 5.41) is 0. The lowest BCUT2D eigenvalue weighted by Gasteiger charge is -2.53. The van der Waals surface area contributed by atoms with Crippen LogP contribution in [0, 0.1) is 0 Å². The molecular formula is C36H43Cl2F2N7O4. The number of fused-ring (bicyclic) bond motifs is 1. The van der Waals surface area contributed by atoms with Crippen LogP contribution in [0.4, 0.5) is 8.78 Å². The second-order valence-electron chi connectivity index (χ2n) is 12.5. The molecule has 0 saturated carbocycles. The number of ether oxygens (including phenoxy) is 3. The molecule has 2 aromatic heterocycles. The fourth-order valence-corrected chi connectivity index (χ4v) is 6.83. The first-order chi connectivity index (χ1) is 23.8. The Kier molecular flexibility index (Phi) is 14.3. The van der Waals surface area contributed by atoms with Gasteiger partial charge < -0.3 is 19.1 Å². The molecule has 15 heteroatoms. The molecule has 0 radical (unpaired) electrons. The number of halogens is 4. The molecule has 274 valence electrons. The number of amides is 1. The van der Waals surface area contributed by atoms with E-state index in [9.17, 15) is 13.6 Å². The van der Waals surface area contributed by atoms with E-state index in [0.29, 0.717) is 50.5 Å². The molecule has 2 aromatic carbocycles. The molecule has 2 fully saturated rings. The van der Waals surface area contributed by atoms with Crippen molar-refractivity contribution in [1.29, 1.82) is 0 Å². The number of methoxy groups -OCH3 is 1. The maximum absolute atomic E-state index is 13.5. The highest BCUT2D eigenvalue weighted by molar-refractivity contribution is 5.92. The third kappa shape index (κ3) is 9.59. The van der Waals surface area contributed by atoms with Crippen LogP contribution in [0.2, 0.25) is 0 Å². The number of benzene rings is 2. The summed E-state index contributed by atoms with van der Waals surface area (Å²) in [5.74, 6) is 0.297. The van der Waals surface area contributed by atoms with Crippen molar-refractivity contribution in [3.8, 4) is 17.8 Å². The van der Waals surface area contributed by atoms with E-state index < -0.39 is 13.0 Å². The summed E-state index contributed by atoms with van der Waals surface area (Å²) in [6, 6.07) is 20.8. The van der Waals surface area contributed by atoms with Crippen LogP contribution in [-0.4, -0.2) is 112 Å². The van der Waals surface area contributed by atoms with Crippen LogP contribution in [0.1, 0.15) is 46.9 Å². The molecule has 2 aliphatic rings. The molecule has 11 nitrogen and oxygen atoms in total. The number of rotatable bonds is 12. The van der Waals surface area contributed by atoms with E-state index in [1.54, 1.807) is 6.20 Å². The van der Waals surface area contributed by atoms with Crippen molar-refractivity contribution < 1.29 is 27.8 Å². The Labute approximate surface area is 309 Å². The van der Waals surface area contributed by atoms with Crippen molar-refractivity contribution >= 4 is 30.7 Å². The third-order valence-corrected chi connectivity index (χ3v) is 8.81. The van der Waals surface area contributed by atoms with Crippen molar-refractivity contribution in [3.63, 3.8) is 0 Å². The van der Waals surface area contributed by atoms with E-state index in [1.165, 1.54) is 30.6 Å². The summed E-state index contributed by atoms with van der Waals surface area (Å²) >= 11 is 0. The minimum atomic E-state index is -2.69. The number of carbonyl (C=O) groups excluding carboxylic acids is 1. The van der Waals surface area contributed by atoms with Crippen LogP contribution < -0.4 is 14.2 Å². The third-order valence-electron chi connectivity index (χ3n) is 8.81. The monoisotopic (exact) mass is 745 g/mol. The first-order valence-electron chi connectivity index (χ1n) is 16.5. The molecule has 0 aliphatic carbocycles. The van der Waals surface area contributed by atoms with Gasteiger partial charge in [-0.05, 0) is 25.0 Å². The second kappa shape index (κ2) is 18.4. The fourth-order valence-electron chi connectivity index (χ4n) is 6.83. The lowest BCUT2D eigenvalue weighted by molar-refractivity contribution is -0.0294. The number of carbonyl (C=O) groups is 1. The lowest BCUT2D eigenvalue weighted by Crippen LogP contribution is -2.67. The van der Waals surface area contributed by atoms with Crippen molar-refractivity contribution in [3.05, 3.63) is 102 Å². The molecule has 6 rings (SSSR count). The van der Waals surface area contributed by atoms with Crippen molar-refractivity contribution in [2.45, 2.75) is 50.9 Å². The average Bonchev–Trinajstić information content (AvgIpc) is 3.12. The van der Waals surface area contributed by atoms with Gasteiger partial charge in [-0.15, -0.1) is 24.8 Å². The number of hydrogen-bond acceptors (Lipinski definition) is 10. The second-order valence-corrected chi connectivity index (χ2v) is 12.5. The lowest BCUT2D eigenvalue weighted by atomic mass is 9.81. The fraction of sp³-hybridized carbons (Fsp3) is 0.417. The zero-order valence-corrected chi connectivity index (χ0v) is 30.3. The molecular weight excluding hydrogens is 703 g/mol. The van der Waals surface area contributed by atoms with E-state index in [4.69, 9.17) is 14.2 Å². The molecule has 0 unspecified atom stereocenters. The van der Waals surface area contributed by atoms with E-state index in [-0.39, 0.29) is 72.6 Å². The first-order valence-corrected chi connectivity index (χ1v) is 16.5. The number of alkyl halides is 2. The Balaban J connectivity index is 0.00000292. The molecule has 2 saturated heterocycles. The van der Waals surface area contributed by atoms with Gasteiger partial charge >= 0.3 is 6.01 Å². The Bertz CT molecular complexity index is 1640. The van der Waals surface area contributed by atoms with Crippen molar-refractivity contribution in [2.75, 3.05) is 46.4 Å². The normalized spacial score (nSPS) is 17.8. The highest BCUT2D eigenvalue weighted by Crippen LogP contribution is 2.38. The van der Waals surface area contributed by atoms with E-state index in [1.807, 2.05) is 30.9 Å². The predicted molar refractivity (Wildman–Crippen MR) is 193 cm³/mol. The summed E-state index contributed by atoms with van der Waals surface area (Å²) in [4.78, 5) is 37.3. The van der Waals surface area contributed by atoms with Crippen molar-refractivity contribution in [2.24, 2.45) is 0 Å². The van der Waals surface area contributed by atoms with Crippen LogP contribution in [0.25, 0.3) is 0 Å². The van der Waals surface area contributed by atoms with Gasteiger partial charge in [0.2, 0.25) is 11.8 Å². The Hall–Kier alpha value is -4.17. The van der Waals surface area contributed by atoms with Crippen LogP contribution in [0.15, 0.2) is 79.3 Å². The van der Waals surface area contributed by atoms with E-state index in [0.717, 1.165) is 0 Å². The highest BCUT2D eigenvalue weighted by atomic mass is 35.5. The van der Waals surface area contributed by atoms with Gasteiger partial charge in [0.05, 0.1) is 25.0 Å². The maximum Gasteiger partial charge on any atom is 0.323 e. The minimum absolute atomic E-state index is 0. The van der Waals surface area contributed by atoms with Gasteiger partial charge in [-0.25, -0.2) is 13.8 Å². The number of piperazine rings is 2.